The number of aromatic amines is 1. The van der Waals surface area contributed by atoms with E-state index in [-0.39, 0.29) is 0 Å². The predicted molar refractivity (Wildman–Crippen MR) is 121 cm³/mol. The van der Waals surface area contributed by atoms with Crippen LogP contribution in [0.4, 0.5) is 0 Å². The number of amides is 1. The number of phosphoric acid groups is 2. The van der Waals surface area contributed by atoms with Gasteiger partial charge >= 0.3 is 5.69 Å². The average Bonchev–Trinajstić information content (AvgIpc) is 3.13. The van der Waals surface area contributed by atoms with E-state index in [0.29, 0.717) is 4.57 Å². The van der Waals surface area contributed by atoms with Gasteiger partial charge in [0.2, 0.25) is 5.91 Å². The quantitative estimate of drug-likeness (QED) is 0.113. The van der Waals surface area contributed by atoms with Crippen LogP contribution in [-0.4, -0.2) is 110 Å². The third kappa shape index (κ3) is 7.90. The molecule has 0 spiro atoms. The molecule has 0 radical (unpaired) electrons. The van der Waals surface area contributed by atoms with Crippen LogP contribution in [-0.2, 0) is 36.8 Å². The maximum absolute atomic E-state index is 12.2. The summed E-state index contributed by atoms with van der Waals surface area (Å²) in [4.78, 5) is 60.8. The number of aliphatic hydroxyl groups is 5. The molecule has 2 saturated heterocycles. The van der Waals surface area contributed by atoms with Gasteiger partial charge in [-0.2, -0.15) is 0 Å². The first kappa shape index (κ1) is 32.6. The highest BCUT2D eigenvalue weighted by Gasteiger charge is 2.46. The Morgan fingerprint density at radius 1 is 1.00 bits per heavy atom. The van der Waals surface area contributed by atoms with Crippen molar-refractivity contribution in [3.05, 3.63) is 33.1 Å². The van der Waals surface area contributed by atoms with Gasteiger partial charge in [0.15, 0.2) is 6.23 Å². The number of nitrogens with one attached hydrogen (secondary N) is 2. The SMILES string of the molecule is CC(=O)N[C@@H]1[C@@H](O)[C@H](O)[C@@H](CO)O[C@@H]1COP(=O)([O-])OP(=O)([O-])OC[C@H]1O[C@@H](n2ccc(=O)[nH]c2=O)[C@H](O)[C@@H]1O. The summed E-state index contributed by atoms with van der Waals surface area (Å²) >= 11 is 0. The second kappa shape index (κ2) is 13.0. The van der Waals surface area contributed by atoms with E-state index in [1.807, 2.05) is 4.98 Å². The van der Waals surface area contributed by atoms with Crippen molar-refractivity contribution in [3.8, 4) is 0 Å². The number of nitrogens with zero attached hydrogens (tertiary/aromatic N) is 1. The highest BCUT2D eigenvalue weighted by molar-refractivity contribution is 7.59. The molecule has 1 aromatic heterocycles. The lowest BCUT2D eigenvalue weighted by molar-refractivity contribution is -0.250. The molecule has 2 aliphatic heterocycles. The first-order chi connectivity index (χ1) is 18.5. The van der Waals surface area contributed by atoms with Gasteiger partial charge < -0.3 is 59.2 Å². The molecule has 0 saturated carbocycles. The Hall–Kier alpha value is -1.87. The van der Waals surface area contributed by atoms with Crippen molar-refractivity contribution >= 4 is 21.6 Å². The largest absolute Gasteiger partial charge is 0.756 e. The molecule has 1 aromatic rings. The van der Waals surface area contributed by atoms with Crippen molar-refractivity contribution in [1.29, 1.82) is 0 Å². The topological polar surface area (TPSA) is 312 Å². The minimum absolute atomic E-state index is 0.708. The lowest BCUT2D eigenvalue weighted by Crippen LogP contribution is -2.64. The van der Waals surface area contributed by atoms with Crippen LogP contribution in [0.15, 0.2) is 21.9 Å². The minimum atomic E-state index is -5.75. The van der Waals surface area contributed by atoms with Gasteiger partial charge in [0.05, 0.1) is 25.9 Å². The molecular weight excluding hydrogens is 592 g/mol. The van der Waals surface area contributed by atoms with E-state index in [1.54, 1.807) is 0 Å². The van der Waals surface area contributed by atoms with Gasteiger partial charge in [-0.25, -0.2) is 9.11 Å². The molecule has 3 heterocycles. The summed E-state index contributed by atoms with van der Waals surface area (Å²) < 4.78 is 48.4. The van der Waals surface area contributed by atoms with Crippen molar-refractivity contribution in [3.63, 3.8) is 0 Å². The second-order valence-corrected chi connectivity index (χ2v) is 11.7. The fraction of sp³-hybridized carbons (Fsp3) is 0.722. The molecular formula is C18H27N3O17P2-2. The van der Waals surface area contributed by atoms with E-state index in [1.165, 1.54) is 0 Å². The van der Waals surface area contributed by atoms with Crippen LogP contribution in [0.3, 0.4) is 0 Å². The highest BCUT2D eigenvalue weighted by atomic mass is 31.3. The lowest BCUT2D eigenvalue weighted by atomic mass is 9.93. The Morgan fingerprint density at radius 3 is 2.12 bits per heavy atom. The molecule has 3 rings (SSSR count). The van der Waals surface area contributed by atoms with Crippen LogP contribution in [0, 0.1) is 0 Å². The normalized spacial score (nSPS) is 35.5. The summed E-state index contributed by atoms with van der Waals surface area (Å²) in [5.74, 6) is -0.708. The summed E-state index contributed by atoms with van der Waals surface area (Å²) in [5.41, 5.74) is -1.77. The summed E-state index contributed by atoms with van der Waals surface area (Å²) in [5, 5.41) is 52.0. The number of aromatic nitrogens is 2. The zero-order valence-corrected chi connectivity index (χ0v) is 22.2. The van der Waals surface area contributed by atoms with E-state index in [2.05, 4.69) is 18.7 Å². The fourth-order valence-corrected chi connectivity index (χ4v) is 5.99. The maximum atomic E-state index is 12.2. The summed E-state index contributed by atoms with van der Waals surface area (Å²) in [6.07, 6.45) is -12.2. The molecule has 11 atom stereocenters. The Balaban J connectivity index is 1.60. The molecule has 40 heavy (non-hydrogen) atoms. The van der Waals surface area contributed by atoms with Crippen molar-refractivity contribution in [2.45, 2.75) is 61.9 Å². The molecule has 20 nitrogen and oxygen atoms in total. The number of hydrogen-bond donors (Lipinski definition) is 7. The standard InChI is InChI=1S/C18H29N3O17P2/c1-7(23)19-12-9(36-8(4-22)13(25)15(12)27)5-34-39(30,31)38-40(32,33)35-6-10-14(26)16(28)17(37-10)21-3-2-11(24)20-18(21)29/h2-3,8-10,12-17,22,25-28H,4-6H2,1H3,(H,19,23)(H,30,31)(H,32,33)(H,20,24,29)/p-2/t8-,9-,10-,12+,13-,14-,15-,16-,17-/m1/s1. The van der Waals surface area contributed by atoms with Crippen LogP contribution in [0.1, 0.15) is 13.2 Å². The number of ether oxygens (including phenoxy) is 2. The molecule has 228 valence electrons. The molecule has 2 fully saturated rings. The predicted octanol–water partition coefficient (Wildman–Crippen LogP) is -5.87. The smallest absolute Gasteiger partial charge is 0.330 e. The Labute approximate surface area is 223 Å². The van der Waals surface area contributed by atoms with Crippen LogP contribution in [0.5, 0.6) is 0 Å². The Bertz CT molecular complexity index is 1260. The van der Waals surface area contributed by atoms with Crippen molar-refractivity contribution in [1.82, 2.24) is 14.9 Å². The van der Waals surface area contributed by atoms with E-state index in [4.69, 9.17) is 9.47 Å². The fourth-order valence-electron chi connectivity index (χ4n) is 3.97. The van der Waals surface area contributed by atoms with Gasteiger partial charge in [0.25, 0.3) is 21.2 Å². The molecule has 2 unspecified atom stereocenters. The third-order valence-corrected chi connectivity index (χ3v) is 8.39. The maximum Gasteiger partial charge on any atom is 0.330 e. The lowest BCUT2D eigenvalue weighted by Gasteiger charge is -2.43. The molecule has 7 N–H and O–H groups in total. The average molecular weight is 619 g/mol. The molecule has 0 aliphatic carbocycles. The Kier molecular flexibility index (Phi) is 10.6. The summed E-state index contributed by atoms with van der Waals surface area (Å²) in [6.45, 7) is -1.89. The van der Waals surface area contributed by atoms with Crippen molar-refractivity contribution in [2.24, 2.45) is 0 Å². The molecule has 0 bridgehead atoms. The molecule has 1 amide bonds. The van der Waals surface area contributed by atoms with E-state index in [0.717, 1.165) is 19.2 Å². The molecule has 0 aromatic carbocycles. The van der Waals surface area contributed by atoms with Crippen LogP contribution >= 0.6 is 15.6 Å². The minimum Gasteiger partial charge on any atom is -0.756 e. The first-order valence-electron chi connectivity index (χ1n) is 11.4. The number of phosphoric ester groups is 2. The second-order valence-electron chi connectivity index (χ2n) is 8.73. The van der Waals surface area contributed by atoms with Crippen LogP contribution in [0.2, 0.25) is 0 Å². The van der Waals surface area contributed by atoms with Gasteiger partial charge in [0, 0.05) is 19.2 Å². The monoisotopic (exact) mass is 619 g/mol. The van der Waals surface area contributed by atoms with Crippen LogP contribution < -0.4 is 26.4 Å². The number of H-pyrrole nitrogens is 1. The zero-order valence-electron chi connectivity index (χ0n) is 20.4. The van der Waals surface area contributed by atoms with Gasteiger partial charge in [-0.05, 0) is 0 Å². The first-order valence-corrected chi connectivity index (χ1v) is 14.3. The van der Waals surface area contributed by atoms with Gasteiger partial charge in [-0.3, -0.25) is 28.3 Å². The summed E-state index contributed by atoms with van der Waals surface area (Å²) in [7, 11) is -11.5. The van der Waals surface area contributed by atoms with E-state index >= 15 is 0 Å². The number of aliphatic hydroxyl groups excluding tert-OH is 5. The highest BCUT2D eigenvalue weighted by Crippen LogP contribution is 2.56. The van der Waals surface area contributed by atoms with E-state index in [9.17, 15) is 58.8 Å². The van der Waals surface area contributed by atoms with Crippen molar-refractivity contribution in [2.75, 3.05) is 19.8 Å². The third-order valence-electron chi connectivity index (χ3n) is 5.86. The Morgan fingerprint density at radius 2 is 1.57 bits per heavy atom. The zero-order chi connectivity index (χ0) is 30.0. The molecule has 22 heteroatoms. The van der Waals surface area contributed by atoms with E-state index < -0.39 is 108 Å². The van der Waals surface area contributed by atoms with Crippen LogP contribution in [0.25, 0.3) is 0 Å². The van der Waals surface area contributed by atoms with Crippen molar-refractivity contribution < 1.29 is 72.1 Å². The number of carbonyl (C=O) groups excluding carboxylic acids is 1. The number of carbonyl (C=O) groups is 1. The molecule has 2 aliphatic rings. The van der Waals surface area contributed by atoms with Gasteiger partial charge in [-0.15, -0.1) is 0 Å². The van der Waals surface area contributed by atoms with Gasteiger partial charge in [0.1, 0.15) is 42.7 Å². The number of rotatable bonds is 11. The summed E-state index contributed by atoms with van der Waals surface area (Å²) in [6, 6.07) is -0.510. The van der Waals surface area contributed by atoms with Gasteiger partial charge in [-0.1, -0.05) is 0 Å². The number of hydrogen-bond acceptors (Lipinski definition) is 17.